The molecule has 4 rings (SSSR count). The molecule has 3 aromatic rings. The van der Waals surface area contributed by atoms with E-state index in [2.05, 4.69) is 10.3 Å². The van der Waals surface area contributed by atoms with Gasteiger partial charge in [0.25, 0.3) is 5.91 Å². The molecule has 18 heteroatoms. The van der Waals surface area contributed by atoms with Crippen LogP contribution in [0.25, 0.3) is 0 Å². The Balaban J connectivity index is 0.000000440. The first-order valence-corrected chi connectivity index (χ1v) is 13.5. The molecular weight excluding hydrogens is 652 g/mol. The Kier molecular flexibility index (Phi) is 13.6. The largest absolute Gasteiger partial charge is 0.490 e. The molecule has 1 atom stereocenters. The number of aromatic nitrogens is 2. The number of nitrogens with two attached hydrogens (primary N) is 1. The van der Waals surface area contributed by atoms with Gasteiger partial charge in [-0.3, -0.25) is 14.6 Å². The van der Waals surface area contributed by atoms with Gasteiger partial charge in [0.2, 0.25) is 5.91 Å². The van der Waals surface area contributed by atoms with Crippen LogP contribution < -0.4 is 11.1 Å². The maximum absolute atomic E-state index is 13.1. The molecule has 1 aromatic carbocycles. The minimum Gasteiger partial charge on any atom is -0.475 e. The van der Waals surface area contributed by atoms with E-state index in [4.69, 9.17) is 37.1 Å². The first kappa shape index (κ1) is 37.5. The lowest BCUT2D eigenvalue weighted by Gasteiger charge is -2.24. The number of halogens is 7. The van der Waals surface area contributed by atoms with Crippen molar-refractivity contribution in [3.63, 3.8) is 0 Å². The van der Waals surface area contributed by atoms with E-state index < -0.39 is 30.3 Å². The Morgan fingerprint density at radius 2 is 1.54 bits per heavy atom. The molecule has 1 aliphatic rings. The van der Waals surface area contributed by atoms with Gasteiger partial charge in [-0.1, -0.05) is 17.7 Å². The van der Waals surface area contributed by atoms with Gasteiger partial charge >= 0.3 is 24.3 Å². The summed E-state index contributed by atoms with van der Waals surface area (Å²) in [7, 11) is 0. The summed E-state index contributed by atoms with van der Waals surface area (Å²) in [5.74, 6) is -5.79. The normalized spacial score (nSPS) is 14.3. The van der Waals surface area contributed by atoms with E-state index in [1.54, 1.807) is 29.4 Å². The summed E-state index contributed by atoms with van der Waals surface area (Å²) in [6.07, 6.45) is -1.51. The van der Waals surface area contributed by atoms with E-state index in [1.165, 1.54) is 0 Å². The van der Waals surface area contributed by atoms with E-state index in [1.807, 2.05) is 41.2 Å². The minimum absolute atomic E-state index is 0.124. The van der Waals surface area contributed by atoms with Gasteiger partial charge in [0.1, 0.15) is 6.04 Å². The van der Waals surface area contributed by atoms with E-state index >= 15 is 0 Å². The Morgan fingerprint density at radius 3 is 2.09 bits per heavy atom. The monoisotopic (exact) mass is 679 g/mol. The molecular formula is C28H28ClF6N5O6. The number of carbonyl (C=O) groups excluding carboxylic acids is 2. The molecule has 1 aliphatic heterocycles. The third kappa shape index (κ3) is 11.7. The Bertz CT molecular complexity index is 1480. The molecule has 2 aromatic heterocycles. The summed E-state index contributed by atoms with van der Waals surface area (Å²) in [6.45, 7) is 1.92. The number of carboxylic acid groups (broad SMARTS) is 2. The molecule has 250 valence electrons. The van der Waals surface area contributed by atoms with Crippen molar-refractivity contribution < 1.29 is 55.7 Å². The zero-order valence-electron chi connectivity index (χ0n) is 23.7. The van der Waals surface area contributed by atoms with Crippen molar-refractivity contribution in [2.45, 2.75) is 50.9 Å². The molecule has 0 bridgehead atoms. The lowest BCUT2D eigenvalue weighted by Crippen LogP contribution is -2.45. The lowest BCUT2D eigenvalue weighted by molar-refractivity contribution is -0.193. The average Bonchev–Trinajstić information content (AvgIpc) is 3.66. The number of hydrogen-bond acceptors (Lipinski definition) is 6. The number of rotatable bonds is 7. The number of hydrogen-bond donors (Lipinski definition) is 4. The Morgan fingerprint density at radius 1 is 0.957 bits per heavy atom. The quantitative estimate of drug-likeness (QED) is 0.269. The number of alkyl halides is 6. The third-order valence-electron chi connectivity index (χ3n) is 6.25. The fourth-order valence-corrected chi connectivity index (χ4v) is 4.27. The smallest absolute Gasteiger partial charge is 0.475 e. The molecule has 0 aliphatic carbocycles. The van der Waals surface area contributed by atoms with E-state index in [0.29, 0.717) is 43.2 Å². The summed E-state index contributed by atoms with van der Waals surface area (Å²) < 4.78 is 65.4. The van der Waals surface area contributed by atoms with Crippen molar-refractivity contribution in [1.82, 2.24) is 19.8 Å². The topological polar surface area (TPSA) is 168 Å². The van der Waals surface area contributed by atoms with Crippen LogP contribution in [0.5, 0.6) is 0 Å². The highest BCUT2D eigenvalue weighted by Crippen LogP contribution is 2.22. The van der Waals surface area contributed by atoms with Crippen LogP contribution in [0.3, 0.4) is 0 Å². The molecule has 1 fully saturated rings. The van der Waals surface area contributed by atoms with Crippen LogP contribution in [0.2, 0.25) is 5.02 Å². The van der Waals surface area contributed by atoms with Crippen molar-refractivity contribution in [1.29, 1.82) is 0 Å². The van der Waals surface area contributed by atoms with Crippen molar-refractivity contribution in [3.05, 3.63) is 88.5 Å². The van der Waals surface area contributed by atoms with Gasteiger partial charge in [0, 0.05) is 56.0 Å². The summed E-state index contributed by atoms with van der Waals surface area (Å²) in [5.41, 5.74) is 9.30. The van der Waals surface area contributed by atoms with Crippen molar-refractivity contribution in [3.8, 4) is 0 Å². The van der Waals surface area contributed by atoms with Crippen molar-refractivity contribution >= 4 is 35.4 Å². The van der Waals surface area contributed by atoms with Gasteiger partial charge in [0.15, 0.2) is 0 Å². The molecule has 0 saturated carbocycles. The predicted octanol–water partition coefficient (Wildman–Crippen LogP) is 4.23. The second kappa shape index (κ2) is 16.6. The van der Waals surface area contributed by atoms with Crippen LogP contribution in [0.15, 0.2) is 61.2 Å². The van der Waals surface area contributed by atoms with Crippen molar-refractivity contribution in [2.24, 2.45) is 5.73 Å². The van der Waals surface area contributed by atoms with Crippen LogP contribution >= 0.6 is 11.6 Å². The molecule has 0 unspecified atom stereocenters. The molecule has 11 nitrogen and oxygen atoms in total. The van der Waals surface area contributed by atoms with Crippen LogP contribution in [0.1, 0.15) is 39.9 Å². The van der Waals surface area contributed by atoms with Crippen LogP contribution in [0, 0.1) is 0 Å². The Hall–Kier alpha value is -4.64. The van der Waals surface area contributed by atoms with Gasteiger partial charge < -0.3 is 30.7 Å². The number of likely N-dealkylation sites (tertiary alicyclic amines) is 1. The second-order valence-corrected chi connectivity index (χ2v) is 9.96. The number of pyridine rings is 1. The Labute approximate surface area is 262 Å². The highest BCUT2D eigenvalue weighted by Gasteiger charge is 2.39. The number of carbonyl (C=O) groups is 4. The highest BCUT2D eigenvalue weighted by atomic mass is 35.5. The first-order valence-electron chi connectivity index (χ1n) is 13.1. The van der Waals surface area contributed by atoms with Crippen LogP contribution in [0.4, 0.5) is 26.3 Å². The van der Waals surface area contributed by atoms with Gasteiger partial charge in [0.05, 0.1) is 5.56 Å². The fourth-order valence-electron chi connectivity index (χ4n) is 4.07. The molecule has 46 heavy (non-hydrogen) atoms. The number of nitrogens with zero attached hydrogens (tertiary/aromatic N) is 3. The number of amides is 2. The predicted molar refractivity (Wildman–Crippen MR) is 150 cm³/mol. The summed E-state index contributed by atoms with van der Waals surface area (Å²) >= 11 is 6.09. The SMILES string of the molecule is NCc1ccc(Cl)cc1CNC(=O)[C@@H]1CCCN1C(=O)c1ccn(Cc2ccncc2)c1.O=C(O)C(F)(F)F.O=C(O)C(F)(F)F. The summed E-state index contributed by atoms with van der Waals surface area (Å²) in [6, 6.07) is 10.7. The van der Waals surface area contributed by atoms with Gasteiger partial charge in [-0.2, -0.15) is 26.3 Å². The zero-order valence-corrected chi connectivity index (χ0v) is 24.4. The third-order valence-corrected chi connectivity index (χ3v) is 6.49. The molecule has 1 saturated heterocycles. The van der Waals surface area contributed by atoms with Crippen LogP contribution in [-0.4, -0.2) is 73.4 Å². The second-order valence-electron chi connectivity index (χ2n) is 9.53. The summed E-state index contributed by atoms with van der Waals surface area (Å²) in [5, 5.41) is 17.8. The average molecular weight is 680 g/mol. The number of aliphatic carboxylic acids is 2. The number of benzene rings is 1. The zero-order chi connectivity index (χ0) is 34.7. The molecule has 2 amide bonds. The fraction of sp³-hybridized carbons (Fsp3) is 0.321. The van der Waals surface area contributed by atoms with Gasteiger partial charge in [-0.15, -0.1) is 0 Å². The van der Waals surface area contributed by atoms with E-state index in [9.17, 15) is 35.9 Å². The van der Waals surface area contributed by atoms with Gasteiger partial charge in [-0.25, -0.2) is 9.59 Å². The number of nitrogens with one attached hydrogen (secondary N) is 1. The van der Waals surface area contributed by atoms with E-state index in [-0.39, 0.29) is 11.8 Å². The maximum Gasteiger partial charge on any atom is 0.490 e. The van der Waals surface area contributed by atoms with Crippen molar-refractivity contribution in [2.75, 3.05) is 6.54 Å². The first-order chi connectivity index (χ1) is 21.4. The number of carboxylic acids is 2. The maximum atomic E-state index is 13.1. The highest BCUT2D eigenvalue weighted by molar-refractivity contribution is 6.30. The van der Waals surface area contributed by atoms with Gasteiger partial charge in [-0.05, 0) is 59.9 Å². The molecule has 0 radical (unpaired) electrons. The minimum atomic E-state index is -5.08. The molecule has 0 spiro atoms. The van der Waals surface area contributed by atoms with E-state index in [0.717, 1.165) is 23.1 Å². The molecule has 5 N–H and O–H groups in total. The molecule has 3 heterocycles. The van der Waals surface area contributed by atoms with Crippen LogP contribution in [-0.2, 0) is 34.0 Å². The standard InChI is InChI=1S/C24H26ClN5O2.2C2HF3O2/c25-21-4-3-18(13-26)20(12-21)14-28-23(31)22-2-1-10-30(22)24(32)19-7-11-29(16-19)15-17-5-8-27-9-6-17;2*3-2(4,5)1(6)7/h3-9,11-12,16,22H,1-2,10,13-15,26H2,(H,28,31);2*(H,6,7)/t22-;;/m0../s1. The summed E-state index contributed by atoms with van der Waals surface area (Å²) in [4.78, 5) is 49.5. The lowest BCUT2D eigenvalue weighted by atomic mass is 10.1.